The van der Waals surface area contributed by atoms with Gasteiger partial charge in [-0.2, -0.15) is 0 Å². The molecule has 21 heavy (non-hydrogen) atoms. The summed E-state index contributed by atoms with van der Waals surface area (Å²) in [5.74, 6) is -0.0693. The van der Waals surface area contributed by atoms with Crippen molar-refractivity contribution in [1.82, 2.24) is 0 Å². The quantitative estimate of drug-likeness (QED) is 0.865. The van der Waals surface area contributed by atoms with Crippen molar-refractivity contribution in [3.8, 4) is 0 Å². The van der Waals surface area contributed by atoms with Gasteiger partial charge in [-0.15, -0.1) is 0 Å². The lowest BCUT2D eigenvalue weighted by Crippen LogP contribution is -2.44. The normalized spacial score (nSPS) is 26.7. The van der Waals surface area contributed by atoms with Crippen molar-refractivity contribution >= 4 is 11.6 Å². The highest BCUT2D eigenvalue weighted by Crippen LogP contribution is 2.44. The Kier molecular flexibility index (Phi) is 4.53. The zero-order valence-electron chi connectivity index (χ0n) is 12.3. The SMILES string of the molecule is NC(c1cccc(F)c1Cl)C1CCOC2(CCCCC2)C1. The molecule has 1 aliphatic carbocycles. The second-order valence-corrected chi connectivity index (χ2v) is 6.89. The summed E-state index contributed by atoms with van der Waals surface area (Å²) in [5.41, 5.74) is 7.17. The molecule has 0 amide bonds. The molecule has 2 atom stereocenters. The number of hydrogen-bond donors (Lipinski definition) is 1. The smallest absolute Gasteiger partial charge is 0.142 e. The van der Waals surface area contributed by atoms with Gasteiger partial charge in [0, 0.05) is 12.6 Å². The molecule has 4 heteroatoms. The van der Waals surface area contributed by atoms with E-state index in [0.717, 1.165) is 37.9 Å². The van der Waals surface area contributed by atoms with Crippen LogP contribution in [0.15, 0.2) is 18.2 Å². The van der Waals surface area contributed by atoms with Crippen molar-refractivity contribution in [1.29, 1.82) is 0 Å². The Morgan fingerprint density at radius 2 is 2.05 bits per heavy atom. The third-order valence-corrected chi connectivity index (χ3v) is 5.54. The van der Waals surface area contributed by atoms with Crippen LogP contribution in [0.4, 0.5) is 4.39 Å². The van der Waals surface area contributed by atoms with Crippen LogP contribution in [0, 0.1) is 11.7 Å². The van der Waals surface area contributed by atoms with Crippen LogP contribution in [0.2, 0.25) is 5.02 Å². The van der Waals surface area contributed by atoms with Crippen LogP contribution >= 0.6 is 11.6 Å². The van der Waals surface area contributed by atoms with Crippen molar-refractivity contribution < 1.29 is 9.13 Å². The fourth-order valence-electron chi connectivity index (χ4n) is 3.95. The zero-order chi connectivity index (χ0) is 14.9. The Bertz CT molecular complexity index is 496. The largest absolute Gasteiger partial charge is 0.375 e. The molecule has 2 fully saturated rings. The minimum absolute atomic E-state index is 0.0125. The molecule has 1 heterocycles. The van der Waals surface area contributed by atoms with Gasteiger partial charge in [0.25, 0.3) is 0 Å². The molecule has 1 spiro atoms. The molecule has 116 valence electrons. The summed E-state index contributed by atoms with van der Waals surface area (Å²) < 4.78 is 19.8. The Hall–Kier alpha value is -0.640. The number of rotatable bonds is 2. The fourth-order valence-corrected chi connectivity index (χ4v) is 4.20. The van der Waals surface area contributed by atoms with Gasteiger partial charge in [0.2, 0.25) is 0 Å². The standard InChI is InChI=1S/C17H23ClFNO/c18-15-13(5-4-6-14(15)19)16(20)12-7-10-21-17(11-12)8-2-1-3-9-17/h4-6,12,16H,1-3,7-11,20H2. The minimum Gasteiger partial charge on any atom is -0.375 e. The van der Waals surface area contributed by atoms with E-state index in [1.165, 1.54) is 25.3 Å². The molecule has 1 aromatic rings. The van der Waals surface area contributed by atoms with Gasteiger partial charge >= 0.3 is 0 Å². The number of nitrogens with two attached hydrogens (primary N) is 1. The van der Waals surface area contributed by atoms with E-state index in [1.807, 2.05) is 6.07 Å². The number of benzene rings is 1. The van der Waals surface area contributed by atoms with Crippen LogP contribution in [0.1, 0.15) is 56.6 Å². The molecule has 0 aromatic heterocycles. The summed E-state index contributed by atoms with van der Waals surface area (Å²) in [5, 5.41) is 0.175. The lowest BCUT2D eigenvalue weighted by atomic mass is 9.73. The van der Waals surface area contributed by atoms with Crippen LogP contribution in [0.5, 0.6) is 0 Å². The van der Waals surface area contributed by atoms with Crippen LogP contribution < -0.4 is 5.73 Å². The molecule has 2 nitrogen and oxygen atoms in total. The van der Waals surface area contributed by atoms with Crippen molar-refractivity contribution in [3.05, 3.63) is 34.6 Å². The predicted octanol–water partition coefficient (Wildman–Crippen LogP) is 4.61. The zero-order valence-corrected chi connectivity index (χ0v) is 13.0. The van der Waals surface area contributed by atoms with Crippen molar-refractivity contribution in [2.24, 2.45) is 11.7 Å². The van der Waals surface area contributed by atoms with Crippen LogP contribution in [0.25, 0.3) is 0 Å². The molecule has 3 rings (SSSR count). The molecule has 2 N–H and O–H groups in total. The monoisotopic (exact) mass is 311 g/mol. The first-order valence-electron chi connectivity index (χ1n) is 7.95. The number of hydrogen-bond acceptors (Lipinski definition) is 2. The highest BCUT2D eigenvalue weighted by molar-refractivity contribution is 6.31. The maximum atomic E-state index is 13.6. The lowest BCUT2D eigenvalue weighted by molar-refractivity contribution is -0.120. The van der Waals surface area contributed by atoms with Crippen molar-refractivity contribution in [2.75, 3.05) is 6.61 Å². The number of halogens is 2. The molecule has 1 saturated carbocycles. The van der Waals surface area contributed by atoms with Gasteiger partial charge in [-0.25, -0.2) is 4.39 Å². The molecule has 2 aliphatic rings. The van der Waals surface area contributed by atoms with Gasteiger partial charge in [0.1, 0.15) is 5.82 Å². The van der Waals surface area contributed by atoms with Gasteiger partial charge in [0.05, 0.1) is 10.6 Å². The van der Waals surface area contributed by atoms with E-state index in [9.17, 15) is 4.39 Å². The van der Waals surface area contributed by atoms with E-state index in [1.54, 1.807) is 6.07 Å². The van der Waals surface area contributed by atoms with Crippen LogP contribution in [-0.2, 0) is 4.74 Å². The third kappa shape index (κ3) is 3.10. The highest BCUT2D eigenvalue weighted by Gasteiger charge is 2.40. The van der Waals surface area contributed by atoms with E-state index in [-0.39, 0.29) is 22.5 Å². The first-order valence-corrected chi connectivity index (χ1v) is 8.33. The molecule has 0 bridgehead atoms. The maximum absolute atomic E-state index is 13.6. The van der Waals surface area contributed by atoms with Gasteiger partial charge in [0.15, 0.2) is 0 Å². The average Bonchev–Trinajstić information content (AvgIpc) is 2.50. The van der Waals surface area contributed by atoms with Crippen LogP contribution in [-0.4, -0.2) is 12.2 Å². The van der Waals surface area contributed by atoms with Crippen molar-refractivity contribution in [2.45, 2.75) is 56.6 Å². The first-order chi connectivity index (χ1) is 10.1. The lowest BCUT2D eigenvalue weighted by Gasteiger charge is -2.45. The van der Waals surface area contributed by atoms with Gasteiger partial charge < -0.3 is 10.5 Å². The number of ether oxygens (including phenoxy) is 1. The summed E-state index contributed by atoms with van der Waals surface area (Å²) in [4.78, 5) is 0. The van der Waals surface area contributed by atoms with E-state index in [2.05, 4.69) is 0 Å². The maximum Gasteiger partial charge on any atom is 0.142 e. The van der Waals surface area contributed by atoms with E-state index in [0.29, 0.717) is 5.92 Å². The van der Waals surface area contributed by atoms with Crippen LogP contribution in [0.3, 0.4) is 0 Å². The minimum atomic E-state index is -0.385. The molecule has 1 saturated heterocycles. The fraction of sp³-hybridized carbons (Fsp3) is 0.647. The topological polar surface area (TPSA) is 35.2 Å². The second kappa shape index (κ2) is 6.23. The first kappa shape index (κ1) is 15.3. The summed E-state index contributed by atoms with van der Waals surface area (Å²) >= 11 is 6.10. The summed E-state index contributed by atoms with van der Waals surface area (Å²) in [6.45, 7) is 0.755. The summed E-state index contributed by atoms with van der Waals surface area (Å²) in [6, 6.07) is 4.70. The van der Waals surface area contributed by atoms with Gasteiger partial charge in [-0.05, 0) is 43.2 Å². The molecule has 2 unspecified atom stereocenters. The Morgan fingerprint density at radius 1 is 1.29 bits per heavy atom. The molecule has 1 aromatic carbocycles. The molecular weight excluding hydrogens is 289 g/mol. The second-order valence-electron chi connectivity index (χ2n) is 6.51. The average molecular weight is 312 g/mol. The van der Waals surface area contributed by atoms with E-state index in [4.69, 9.17) is 22.1 Å². The molecule has 0 radical (unpaired) electrons. The highest BCUT2D eigenvalue weighted by atomic mass is 35.5. The summed E-state index contributed by atoms with van der Waals surface area (Å²) in [7, 11) is 0. The van der Waals surface area contributed by atoms with E-state index < -0.39 is 0 Å². The molecular formula is C17H23ClFNO. The Balaban J connectivity index is 1.78. The Labute approximate surface area is 130 Å². The van der Waals surface area contributed by atoms with E-state index >= 15 is 0 Å². The third-order valence-electron chi connectivity index (χ3n) is 5.14. The summed E-state index contributed by atoms with van der Waals surface area (Å²) in [6.07, 6.45) is 7.94. The molecule has 1 aliphatic heterocycles. The Morgan fingerprint density at radius 3 is 2.81 bits per heavy atom. The van der Waals surface area contributed by atoms with Gasteiger partial charge in [-0.1, -0.05) is 43.0 Å². The van der Waals surface area contributed by atoms with Crippen molar-refractivity contribution in [3.63, 3.8) is 0 Å². The predicted molar refractivity (Wildman–Crippen MR) is 82.8 cm³/mol. The van der Waals surface area contributed by atoms with Gasteiger partial charge in [-0.3, -0.25) is 0 Å².